The lowest BCUT2D eigenvalue weighted by Gasteiger charge is -2.18. The number of unbranched alkanes of at least 4 members (excludes halogenated alkanes) is 51. The minimum atomic E-state index is -0.762. The Kier molecular flexibility index (Phi) is 60.6. The molecule has 0 aromatic carbocycles. The summed E-state index contributed by atoms with van der Waals surface area (Å²) in [6, 6.07) is 0. The second-order valence-electron chi connectivity index (χ2n) is 22.8. The minimum Gasteiger partial charge on any atom is -0.462 e. The summed E-state index contributed by atoms with van der Waals surface area (Å²) in [5.74, 6) is -0.822. The van der Waals surface area contributed by atoms with E-state index in [0.717, 1.165) is 57.8 Å². The van der Waals surface area contributed by atoms with Crippen molar-refractivity contribution in [2.75, 3.05) is 13.2 Å². The van der Waals surface area contributed by atoms with Crippen molar-refractivity contribution in [2.45, 2.75) is 393 Å². The predicted octanol–water partition coefficient (Wildman–Crippen LogP) is 22.3. The molecule has 0 aliphatic rings. The van der Waals surface area contributed by atoms with E-state index in [1.807, 2.05) is 0 Å². The zero-order chi connectivity index (χ0) is 52.2. The lowest BCUT2D eigenvalue weighted by molar-refractivity contribution is -0.167. The molecule has 0 aromatic heterocycles. The first-order chi connectivity index (χ1) is 35.5. The van der Waals surface area contributed by atoms with Gasteiger partial charge >= 0.3 is 17.9 Å². The van der Waals surface area contributed by atoms with E-state index in [2.05, 4.69) is 20.8 Å². The van der Waals surface area contributed by atoms with Crippen LogP contribution in [0.5, 0.6) is 0 Å². The SMILES string of the molecule is CCCCCCCCCCCCCCCCCCCCCCC(=O)OCC(COC(=O)CCCCCCCCCCCCCCCCCCC)OC(=O)CCCCCCCCCCCCCCCCCCC. The molecule has 0 rings (SSSR count). The molecule has 0 N–H and O–H groups in total. The molecule has 0 bridgehead atoms. The van der Waals surface area contributed by atoms with Gasteiger partial charge in [-0.15, -0.1) is 0 Å². The number of carbonyl (C=O) groups excluding carboxylic acids is 3. The van der Waals surface area contributed by atoms with E-state index < -0.39 is 6.10 Å². The van der Waals surface area contributed by atoms with Crippen molar-refractivity contribution < 1.29 is 28.6 Å². The Morgan fingerprint density at radius 3 is 0.556 bits per heavy atom. The lowest BCUT2D eigenvalue weighted by Crippen LogP contribution is -2.30. The second-order valence-corrected chi connectivity index (χ2v) is 22.8. The summed E-state index contributed by atoms with van der Waals surface area (Å²) in [5.41, 5.74) is 0. The van der Waals surface area contributed by atoms with Crippen LogP contribution in [0.15, 0.2) is 0 Å². The molecule has 0 aliphatic heterocycles. The van der Waals surface area contributed by atoms with Gasteiger partial charge in [0.25, 0.3) is 0 Å². The first kappa shape index (κ1) is 70.4. The van der Waals surface area contributed by atoms with Crippen molar-refractivity contribution in [3.63, 3.8) is 0 Å². The molecule has 0 saturated heterocycles. The number of carbonyl (C=O) groups is 3. The maximum atomic E-state index is 12.9. The molecule has 0 aliphatic carbocycles. The van der Waals surface area contributed by atoms with Crippen molar-refractivity contribution in [3.05, 3.63) is 0 Å². The van der Waals surface area contributed by atoms with Crippen LogP contribution in [-0.4, -0.2) is 37.2 Å². The summed E-state index contributed by atoms with van der Waals surface area (Å²) in [4.78, 5) is 38.3. The Balaban J connectivity index is 4.27. The first-order valence-corrected chi connectivity index (χ1v) is 33.0. The summed E-state index contributed by atoms with van der Waals surface area (Å²) >= 11 is 0. The summed E-state index contributed by atoms with van der Waals surface area (Å²) in [6.07, 6.45) is 71.1. The average Bonchev–Trinajstić information content (AvgIpc) is 3.38. The van der Waals surface area contributed by atoms with Crippen LogP contribution < -0.4 is 0 Å². The first-order valence-electron chi connectivity index (χ1n) is 33.0. The molecular formula is C66H128O6. The van der Waals surface area contributed by atoms with Gasteiger partial charge in [-0.05, 0) is 19.3 Å². The zero-order valence-corrected chi connectivity index (χ0v) is 49.2. The Hall–Kier alpha value is -1.59. The van der Waals surface area contributed by atoms with E-state index in [9.17, 15) is 14.4 Å². The van der Waals surface area contributed by atoms with Gasteiger partial charge in [-0.1, -0.05) is 348 Å². The quantitative estimate of drug-likeness (QED) is 0.0343. The average molecular weight is 1020 g/mol. The lowest BCUT2D eigenvalue weighted by atomic mass is 10.0. The molecule has 6 heteroatoms. The van der Waals surface area contributed by atoms with Crippen LogP contribution in [0.3, 0.4) is 0 Å². The maximum Gasteiger partial charge on any atom is 0.306 e. The normalized spacial score (nSPS) is 11.9. The number of rotatable bonds is 62. The van der Waals surface area contributed by atoms with Crippen LogP contribution in [0.1, 0.15) is 387 Å². The van der Waals surface area contributed by atoms with E-state index in [0.29, 0.717) is 19.3 Å². The molecule has 0 heterocycles. The van der Waals surface area contributed by atoms with Gasteiger partial charge in [0.15, 0.2) is 6.10 Å². The molecule has 0 amide bonds. The third-order valence-electron chi connectivity index (χ3n) is 15.4. The monoisotopic (exact) mass is 1020 g/mol. The van der Waals surface area contributed by atoms with E-state index in [1.165, 1.54) is 289 Å². The number of hydrogen-bond acceptors (Lipinski definition) is 6. The minimum absolute atomic E-state index is 0.0603. The van der Waals surface area contributed by atoms with Crippen molar-refractivity contribution in [3.8, 4) is 0 Å². The predicted molar refractivity (Wildman–Crippen MR) is 312 cm³/mol. The summed E-state index contributed by atoms with van der Waals surface area (Å²) in [6.45, 7) is 6.74. The van der Waals surface area contributed by atoms with Gasteiger partial charge in [0.2, 0.25) is 0 Å². The molecule has 0 aromatic rings. The van der Waals surface area contributed by atoms with Crippen LogP contribution in [0.4, 0.5) is 0 Å². The van der Waals surface area contributed by atoms with Gasteiger partial charge in [0.1, 0.15) is 13.2 Å². The fourth-order valence-electron chi connectivity index (χ4n) is 10.4. The molecule has 1 atom stereocenters. The molecular weight excluding hydrogens is 889 g/mol. The summed E-state index contributed by atoms with van der Waals surface area (Å²) in [7, 11) is 0. The van der Waals surface area contributed by atoms with E-state index in [4.69, 9.17) is 14.2 Å². The van der Waals surface area contributed by atoms with Crippen molar-refractivity contribution in [1.82, 2.24) is 0 Å². The van der Waals surface area contributed by atoms with Gasteiger partial charge in [-0.25, -0.2) is 0 Å². The van der Waals surface area contributed by atoms with Crippen molar-refractivity contribution >= 4 is 17.9 Å². The molecule has 1 unspecified atom stereocenters. The van der Waals surface area contributed by atoms with Crippen LogP contribution in [0.25, 0.3) is 0 Å². The highest BCUT2D eigenvalue weighted by Crippen LogP contribution is 2.19. The Bertz CT molecular complexity index is 1080. The fourth-order valence-corrected chi connectivity index (χ4v) is 10.4. The Morgan fingerprint density at radius 1 is 0.222 bits per heavy atom. The summed E-state index contributed by atoms with van der Waals surface area (Å²) < 4.78 is 17.0. The van der Waals surface area contributed by atoms with Crippen LogP contribution in [0, 0.1) is 0 Å². The highest BCUT2D eigenvalue weighted by atomic mass is 16.6. The topological polar surface area (TPSA) is 78.9 Å². The maximum absolute atomic E-state index is 12.9. The van der Waals surface area contributed by atoms with Gasteiger partial charge in [0.05, 0.1) is 0 Å². The largest absolute Gasteiger partial charge is 0.462 e. The molecule has 0 radical (unpaired) electrons. The number of esters is 3. The molecule has 0 saturated carbocycles. The van der Waals surface area contributed by atoms with E-state index in [1.54, 1.807) is 0 Å². The molecule has 0 fully saturated rings. The van der Waals surface area contributed by atoms with Gasteiger partial charge in [-0.2, -0.15) is 0 Å². The molecule has 6 nitrogen and oxygen atoms in total. The third kappa shape index (κ3) is 59.3. The zero-order valence-electron chi connectivity index (χ0n) is 49.2. The fraction of sp³-hybridized carbons (Fsp3) is 0.955. The van der Waals surface area contributed by atoms with Gasteiger partial charge in [-0.3, -0.25) is 14.4 Å². The molecule has 428 valence electrons. The van der Waals surface area contributed by atoms with Crippen molar-refractivity contribution in [2.24, 2.45) is 0 Å². The Morgan fingerprint density at radius 2 is 0.375 bits per heavy atom. The van der Waals surface area contributed by atoms with Crippen LogP contribution in [0.2, 0.25) is 0 Å². The van der Waals surface area contributed by atoms with E-state index >= 15 is 0 Å². The standard InChI is InChI=1S/C66H128O6/c1-4-7-10-13-16-19-22-25-28-31-32-33-36-38-41-44-47-50-53-56-59-65(68)71-62-63(72-66(69)60-57-54-51-48-45-42-39-35-30-27-24-21-18-15-12-9-6-3)61-70-64(67)58-55-52-49-46-43-40-37-34-29-26-23-20-17-14-11-8-5-2/h63H,4-62H2,1-3H3. The van der Waals surface area contributed by atoms with Crippen molar-refractivity contribution in [1.29, 1.82) is 0 Å². The molecule has 0 spiro atoms. The van der Waals surface area contributed by atoms with E-state index in [-0.39, 0.29) is 31.1 Å². The number of hydrogen-bond donors (Lipinski definition) is 0. The third-order valence-corrected chi connectivity index (χ3v) is 15.4. The van der Waals surface area contributed by atoms with Crippen LogP contribution in [-0.2, 0) is 28.6 Å². The second kappa shape index (κ2) is 62.0. The highest BCUT2D eigenvalue weighted by molar-refractivity contribution is 5.71. The highest BCUT2D eigenvalue weighted by Gasteiger charge is 2.19. The summed E-state index contributed by atoms with van der Waals surface area (Å²) in [5, 5.41) is 0. The van der Waals surface area contributed by atoms with Gasteiger partial charge < -0.3 is 14.2 Å². The van der Waals surface area contributed by atoms with Gasteiger partial charge in [0, 0.05) is 19.3 Å². The smallest absolute Gasteiger partial charge is 0.306 e. The van der Waals surface area contributed by atoms with Crippen LogP contribution >= 0.6 is 0 Å². The number of ether oxygens (including phenoxy) is 3. The molecule has 72 heavy (non-hydrogen) atoms. The Labute approximate surface area is 450 Å².